The lowest BCUT2D eigenvalue weighted by atomic mass is 10.2. The molecule has 22 heavy (non-hydrogen) atoms. The molecule has 0 bridgehead atoms. The molecule has 3 rings (SSSR count). The van der Waals surface area contributed by atoms with Crippen LogP contribution in [0.3, 0.4) is 0 Å². The SMILES string of the molecule is NC(=O)CCCn1c(=O)[nH]c2scc(-c3ccco3)c2c1=O. The lowest BCUT2D eigenvalue weighted by Gasteiger charge is -2.04. The summed E-state index contributed by atoms with van der Waals surface area (Å²) >= 11 is 1.27. The van der Waals surface area contributed by atoms with Crippen molar-refractivity contribution in [2.75, 3.05) is 0 Å². The molecular formula is C14H13N3O4S. The van der Waals surface area contributed by atoms with Crippen molar-refractivity contribution in [1.82, 2.24) is 9.55 Å². The van der Waals surface area contributed by atoms with Crippen LogP contribution in [0.15, 0.2) is 37.8 Å². The van der Waals surface area contributed by atoms with Crippen molar-refractivity contribution in [1.29, 1.82) is 0 Å². The maximum Gasteiger partial charge on any atom is 0.329 e. The first-order valence-corrected chi connectivity index (χ1v) is 7.52. The van der Waals surface area contributed by atoms with Crippen LogP contribution < -0.4 is 17.0 Å². The summed E-state index contributed by atoms with van der Waals surface area (Å²) in [6, 6.07) is 3.49. The number of nitrogens with two attached hydrogens (primary N) is 1. The Morgan fingerprint density at radius 3 is 2.91 bits per heavy atom. The first kappa shape index (κ1) is 14.3. The highest BCUT2D eigenvalue weighted by Crippen LogP contribution is 2.30. The van der Waals surface area contributed by atoms with E-state index in [0.717, 1.165) is 4.57 Å². The summed E-state index contributed by atoms with van der Waals surface area (Å²) < 4.78 is 6.42. The molecule has 0 radical (unpaired) electrons. The summed E-state index contributed by atoms with van der Waals surface area (Å²) in [7, 11) is 0. The maximum absolute atomic E-state index is 12.6. The zero-order chi connectivity index (χ0) is 15.7. The number of carbonyl (C=O) groups is 1. The first-order chi connectivity index (χ1) is 10.6. The predicted molar refractivity (Wildman–Crippen MR) is 82.8 cm³/mol. The van der Waals surface area contributed by atoms with Crippen LogP contribution in [0, 0.1) is 0 Å². The molecular weight excluding hydrogens is 306 g/mol. The average Bonchev–Trinajstić information content (AvgIpc) is 3.10. The molecule has 0 unspecified atom stereocenters. The Morgan fingerprint density at radius 2 is 2.23 bits per heavy atom. The van der Waals surface area contributed by atoms with E-state index in [4.69, 9.17) is 10.2 Å². The van der Waals surface area contributed by atoms with Crippen molar-refractivity contribution in [3.8, 4) is 11.3 Å². The van der Waals surface area contributed by atoms with Crippen molar-refractivity contribution in [3.05, 3.63) is 44.6 Å². The summed E-state index contributed by atoms with van der Waals surface area (Å²) in [5.74, 6) is 0.108. The van der Waals surface area contributed by atoms with Crippen molar-refractivity contribution in [3.63, 3.8) is 0 Å². The fourth-order valence-electron chi connectivity index (χ4n) is 2.28. The predicted octanol–water partition coefficient (Wildman–Crippen LogP) is 1.28. The molecule has 0 aliphatic carbocycles. The smallest absolute Gasteiger partial charge is 0.329 e. The summed E-state index contributed by atoms with van der Waals surface area (Å²) in [4.78, 5) is 38.6. The molecule has 0 aromatic carbocycles. The van der Waals surface area contributed by atoms with E-state index in [1.54, 1.807) is 17.5 Å². The van der Waals surface area contributed by atoms with Gasteiger partial charge in [0, 0.05) is 23.9 Å². The number of H-pyrrole nitrogens is 1. The standard InChI is InChI=1S/C14H13N3O4S/c15-10(18)4-1-5-17-13(19)11-8(9-3-2-6-21-9)7-22-12(11)16-14(17)20/h2-3,6-7H,1,4-5H2,(H2,15,18)(H,16,20). The third-order valence-electron chi connectivity index (χ3n) is 3.31. The van der Waals surface area contributed by atoms with Crippen LogP contribution in [0.2, 0.25) is 0 Å². The van der Waals surface area contributed by atoms with Crippen LogP contribution in [0.25, 0.3) is 21.5 Å². The Bertz CT molecular complexity index is 933. The van der Waals surface area contributed by atoms with E-state index >= 15 is 0 Å². The van der Waals surface area contributed by atoms with Gasteiger partial charge in [-0.2, -0.15) is 0 Å². The zero-order valence-electron chi connectivity index (χ0n) is 11.5. The van der Waals surface area contributed by atoms with Gasteiger partial charge in [-0.15, -0.1) is 11.3 Å². The Hall–Kier alpha value is -2.61. The number of nitrogens with one attached hydrogen (secondary N) is 1. The number of furan rings is 1. The molecule has 1 amide bonds. The molecule has 0 fully saturated rings. The van der Waals surface area contributed by atoms with E-state index in [0.29, 0.717) is 28.0 Å². The van der Waals surface area contributed by atoms with Gasteiger partial charge in [-0.3, -0.25) is 19.1 Å². The number of hydrogen-bond acceptors (Lipinski definition) is 5. The third-order valence-corrected chi connectivity index (χ3v) is 4.20. The van der Waals surface area contributed by atoms with Crippen LogP contribution in [0.4, 0.5) is 0 Å². The molecule has 0 saturated heterocycles. The van der Waals surface area contributed by atoms with Crippen LogP contribution in [0.5, 0.6) is 0 Å². The monoisotopic (exact) mass is 319 g/mol. The highest BCUT2D eigenvalue weighted by atomic mass is 32.1. The van der Waals surface area contributed by atoms with Gasteiger partial charge in [0.15, 0.2) is 0 Å². The largest absolute Gasteiger partial charge is 0.464 e. The number of rotatable bonds is 5. The second-order valence-electron chi connectivity index (χ2n) is 4.79. The topological polar surface area (TPSA) is 111 Å². The average molecular weight is 319 g/mol. The molecule has 8 heteroatoms. The molecule has 0 atom stereocenters. The highest BCUT2D eigenvalue weighted by Gasteiger charge is 2.16. The van der Waals surface area contributed by atoms with Crippen LogP contribution in [-0.4, -0.2) is 15.5 Å². The fourth-order valence-corrected chi connectivity index (χ4v) is 3.21. The molecule has 0 aliphatic heterocycles. The quantitative estimate of drug-likeness (QED) is 0.737. The highest BCUT2D eigenvalue weighted by molar-refractivity contribution is 7.17. The number of nitrogens with zero attached hydrogens (tertiary/aromatic N) is 1. The van der Waals surface area contributed by atoms with E-state index in [1.807, 2.05) is 0 Å². The van der Waals surface area contributed by atoms with Gasteiger partial charge in [0.1, 0.15) is 10.6 Å². The van der Waals surface area contributed by atoms with Gasteiger partial charge >= 0.3 is 5.69 Å². The number of thiophene rings is 1. The Morgan fingerprint density at radius 1 is 1.41 bits per heavy atom. The minimum Gasteiger partial charge on any atom is -0.464 e. The van der Waals surface area contributed by atoms with Crippen LogP contribution in [-0.2, 0) is 11.3 Å². The Labute approximate surface area is 128 Å². The zero-order valence-corrected chi connectivity index (χ0v) is 12.3. The van der Waals surface area contributed by atoms with Crippen LogP contribution >= 0.6 is 11.3 Å². The summed E-state index contributed by atoms with van der Waals surface area (Å²) in [5, 5.41) is 2.19. The van der Waals surface area contributed by atoms with Gasteiger partial charge in [0.2, 0.25) is 5.91 Å². The molecule has 3 aromatic heterocycles. The van der Waals surface area contributed by atoms with Gasteiger partial charge in [-0.25, -0.2) is 4.79 Å². The number of primary amides is 1. The number of hydrogen-bond donors (Lipinski definition) is 2. The van der Waals surface area contributed by atoms with E-state index in [9.17, 15) is 14.4 Å². The number of fused-ring (bicyclic) bond motifs is 1. The minimum absolute atomic E-state index is 0.124. The first-order valence-electron chi connectivity index (χ1n) is 6.64. The molecule has 3 heterocycles. The Balaban J connectivity index is 2.10. The summed E-state index contributed by atoms with van der Waals surface area (Å²) in [5.41, 5.74) is 4.84. The third kappa shape index (κ3) is 2.48. The second kappa shape index (κ2) is 5.64. The van der Waals surface area contributed by atoms with Crippen molar-refractivity contribution in [2.24, 2.45) is 5.73 Å². The molecule has 3 aromatic rings. The fraction of sp³-hybridized carbons (Fsp3) is 0.214. The molecule has 0 saturated carbocycles. The van der Waals surface area contributed by atoms with Gasteiger partial charge in [0.25, 0.3) is 5.56 Å². The lowest BCUT2D eigenvalue weighted by Crippen LogP contribution is -2.35. The van der Waals surface area contributed by atoms with Gasteiger partial charge < -0.3 is 10.2 Å². The van der Waals surface area contributed by atoms with Crippen molar-refractivity contribution < 1.29 is 9.21 Å². The summed E-state index contributed by atoms with van der Waals surface area (Å²) in [6.07, 6.45) is 1.98. The molecule has 0 aliphatic rings. The van der Waals surface area contributed by atoms with Gasteiger partial charge in [-0.05, 0) is 18.6 Å². The van der Waals surface area contributed by atoms with Crippen LogP contribution in [0.1, 0.15) is 12.8 Å². The molecule has 0 spiro atoms. The lowest BCUT2D eigenvalue weighted by molar-refractivity contribution is -0.118. The number of amides is 1. The van der Waals surface area contributed by atoms with Crippen molar-refractivity contribution >= 4 is 27.5 Å². The number of carbonyl (C=O) groups excluding carboxylic acids is 1. The molecule has 3 N–H and O–H groups in total. The second-order valence-corrected chi connectivity index (χ2v) is 5.67. The van der Waals surface area contributed by atoms with E-state index in [-0.39, 0.29) is 13.0 Å². The summed E-state index contributed by atoms with van der Waals surface area (Å²) in [6.45, 7) is 0.139. The normalized spacial score (nSPS) is 11.1. The van der Waals surface area contributed by atoms with Crippen molar-refractivity contribution in [2.45, 2.75) is 19.4 Å². The number of aromatic nitrogens is 2. The van der Waals surface area contributed by atoms with E-state index < -0.39 is 17.2 Å². The molecule has 114 valence electrons. The Kier molecular flexibility index (Phi) is 3.68. The van der Waals surface area contributed by atoms with E-state index in [2.05, 4.69) is 4.98 Å². The minimum atomic E-state index is -0.491. The number of aromatic amines is 1. The maximum atomic E-state index is 12.6. The van der Waals surface area contributed by atoms with E-state index in [1.165, 1.54) is 17.6 Å². The molecule has 7 nitrogen and oxygen atoms in total. The van der Waals surface area contributed by atoms with Gasteiger partial charge in [-0.1, -0.05) is 0 Å². The van der Waals surface area contributed by atoms with Gasteiger partial charge in [0.05, 0.1) is 11.6 Å².